The van der Waals surface area contributed by atoms with Gasteiger partial charge in [0.15, 0.2) is 0 Å². The minimum absolute atomic E-state index is 0.103. The molecule has 82 valence electrons. The van der Waals surface area contributed by atoms with Crippen molar-refractivity contribution in [2.75, 3.05) is 13.1 Å². The van der Waals surface area contributed by atoms with E-state index >= 15 is 0 Å². The summed E-state index contributed by atoms with van der Waals surface area (Å²) in [7, 11) is 1.92. The zero-order valence-electron chi connectivity index (χ0n) is 9.39. The Balaban J connectivity index is 2.03. The van der Waals surface area contributed by atoms with Crippen LogP contribution in [0.15, 0.2) is 18.7 Å². The Morgan fingerprint density at radius 3 is 2.93 bits per heavy atom. The Morgan fingerprint density at radius 1 is 1.60 bits per heavy atom. The van der Waals surface area contributed by atoms with Gasteiger partial charge < -0.3 is 4.90 Å². The third-order valence-corrected chi connectivity index (χ3v) is 3.12. The van der Waals surface area contributed by atoms with E-state index in [2.05, 4.69) is 6.92 Å². The molecule has 2 rings (SSSR count). The van der Waals surface area contributed by atoms with E-state index < -0.39 is 0 Å². The van der Waals surface area contributed by atoms with Crippen molar-refractivity contribution in [3.8, 4) is 0 Å². The number of hydrogen-bond acceptors (Lipinski definition) is 1. The average Bonchev–Trinajstić information content (AvgIpc) is 2.84. The van der Waals surface area contributed by atoms with Gasteiger partial charge in [0.25, 0.3) is 6.33 Å². The first-order valence-electron chi connectivity index (χ1n) is 5.53. The van der Waals surface area contributed by atoms with Gasteiger partial charge in [0.1, 0.15) is 12.4 Å². The van der Waals surface area contributed by atoms with E-state index in [1.165, 1.54) is 6.42 Å². The minimum Gasteiger partial charge on any atom is -0.304 e. The first-order valence-corrected chi connectivity index (χ1v) is 5.53. The summed E-state index contributed by atoms with van der Waals surface area (Å²) in [6.07, 6.45) is 7.81. The summed E-state index contributed by atoms with van der Waals surface area (Å²) in [6.45, 7) is 4.00. The van der Waals surface area contributed by atoms with Crippen molar-refractivity contribution in [2.24, 2.45) is 13.0 Å². The van der Waals surface area contributed by atoms with Gasteiger partial charge in [-0.1, -0.05) is 13.3 Å². The van der Waals surface area contributed by atoms with Crippen LogP contribution >= 0.6 is 0 Å². The summed E-state index contributed by atoms with van der Waals surface area (Å²) >= 11 is 0. The Bertz CT molecular complexity index is 358. The fourth-order valence-corrected chi connectivity index (χ4v) is 2.07. The van der Waals surface area contributed by atoms with Crippen LogP contribution in [0.5, 0.6) is 0 Å². The van der Waals surface area contributed by atoms with Crippen LogP contribution < -0.4 is 4.57 Å². The summed E-state index contributed by atoms with van der Waals surface area (Å²) < 4.78 is 3.53. The van der Waals surface area contributed by atoms with Gasteiger partial charge >= 0.3 is 6.03 Å². The van der Waals surface area contributed by atoms with Crippen LogP contribution in [0.2, 0.25) is 0 Å². The highest BCUT2D eigenvalue weighted by Gasteiger charge is 2.28. The number of carbonyl (C=O) groups excluding carboxylic acids is 1. The zero-order chi connectivity index (χ0) is 10.8. The topological polar surface area (TPSA) is 29.1 Å². The summed E-state index contributed by atoms with van der Waals surface area (Å²) in [4.78, 5) is 13.9. The maximum absolute atomic E-state index is 12.0. The van der Waals surface area contributed by atoms with Crippen molar-refractivity contribution < 1.29 is 9.36 Å². The Labute approximate surface area is 90.1 Å². The number of aryl methyl sites for hydroxylation is 1. The molecule has 1 aromatic heterocycles. The standard InChI is InChI=1S/C11H18N3O/c1-3-10-4-5-13(8-10)11(15)14-7-6-12(2)9-14/h6-7,9-10H,3-5,8H2,1-2H3/q+1. The average molecular weight is 208 g/mol. The number of hydrogen-bond donors (Lipinski definition) is 0. The summed E-state index contributed by atoms with van der Waals surface area (Å²) in [5, 5.41) is 0. The molecule has 1 saturated heterocycles. The van der Waals surface area contributed by atoms with Gasteiger partial charge in [-0.15, -0.1) is 0 Å². The SMILES string of the molecule is CCC1CCN(C(=O)n2cc[n+](C)c2)C1. The molecular formula is C11H18N3O+. The quantitative estimate of drug-likeness (QED) is 0.633. The smallest absolute Gasteiger partial charge is 0.304 e. The van der Waals surface area contributed by atoms with E-state index in [0.717, 1.165) is 19.5 Å². The number of aromatic nitrogens is 2. The molecule has 4 nitrogen and oxygen atoms in total. The lowest BCUT2D eigenvalue weighted by molar-refractivity contribution is -0.670. The Morgan fingerprint density at radius 2 is 2.40 bits per heavy atom. The van der Waals surface area contributed by atoms with Crippen LogP contribution in [-0.2, 0) is 7.05 Å². The molecule has 0 radical (unpaired) electrons. The highest BCUT2D eigenvalue weighted by molar-refractivity contribution is 5.76. The second-order valence-corrected chi connectivity index (χ2v) is 4.28. The van der Waals surface area contributed by atoms with Crippen LogP contribution in [0.1, 0.15) is 19.8 Å². The molecule has 0 bridgehead atoms. The highest BCUT2D eigenvalue weighted by atomic mass is 16.2. The van der Waals surface area contributed by atoms with Crippen molar-refractivity contribution in [1.82, 2.24) is 9.47 Å². The maximum atomic E-state index is 12.0. The van der Waals surface area contributed by atoms with Gasteiger partial charge in [0.2, 0.25) is 0 Å². The molecule has 0 aromatic carbocycles. The molecule has 0 saturated carbocycles. The van der Waals surface area contributed by atoms with Crippen LogP contribution in [0.3, 0.4) is 0 Å². The van der Waals surface area contributed by atoms with Crippen molar-refractivity contribution in [2.45, 2.75) is 19.8 Å². The molecule has 1 fully saturated rings. The van der Waals surface area contributed by atoms with Gasteiger partial charge in [-0.2, -0.15) is 4.57 Å². The molecule has 4 heteroatoms. The Hall–Kier alpha value is -1.32. The summed E-state index contributed by atoms with van der Waals surface area (Å²) in [5.41, 5.74) is 0. The predicted molar refractivity (Wildman–Crippen MR) is 56.4 cm³/mol. The molecule has 1 amide bonds. The number of nitrogens with zero attached hydrogens (tertiary/aromatic N) is 3. The van der Waals surface area contributed by atoms with E-state index in [1.807, 2.05) is 35.2 Å². The molecule has 1 unspecified atom stereocenters. The first-order chi connectivity index (χ1) is 7.20. The van der Waals surface area contributed by atoms with Crippen molar-refractivity contribution in [3.63, 3.8) is 0 Å². The van der Waals surface area contributed by atoms with E-state index in [0.29, 0.717) is 5.92 Å². The van der Waals surface area contributed by atoms with Gasteiger partial charge in [0.05, 0.1) is 7.05 Å². The number of imidazole rings is 1. The van der Waals surface area contributed by atoms with Gasteiger partial charge in [-0.05, 0) is 12.3 Å². The Kier molecular flexibility index (Phi) is 2.75. The number of rotatable bonds is 1. The summed E-state index contributed by atoms with van der Waals surface area (Å²) in [6, 6.07) is 0.103. The molecule has 1 aromatic rings. The lowest BCUT2D eigenvalue weighted by atomic mass is 10.1. The molecule has 1 aliphatic heterocycles. The number of carbonyl (C=O) groups is 1. The molecule has 15 heavy (non-hydrogen) atoms. The zero-order valence-corrected chi connectivity index (χ0v) is 9.39. The minimum atomic E-state index is 0.103. The van der Waals surface area contributed by atoms with Crippen LogP contribution in [0.4, 0.5) is 4.79 Å². The van der Waals surface area contributed by atoms with Crippen LogP contribution in [0.25, 0.3) is 0 Å². The van der Waals surface area contributed by atoms with E-state index in [-0.39, 0.29) is 6.03 Å². The molecule has 1 atom stereocenters. The van der Waals surface area contributed by atoms with Gasteiger partial charge in [0, 0.05) is 13.1 Å². The third kappa shape index (κ3) is 2.03. The normalized spacial score (nSPS) is 20.9. The second-order valence-electron chi connectivity index (χ2n) is 4.28. The van der Waals surface area contributed by atoms with Crippen LogP contribution in [0, 0.1) is 5.92 Å². The van der Waals surface area contributed by atoms with E-state index in [9.17, 15) is 4.79 Å². The van der Waals surface area contributed by atoms with Crippen molar-refractivity contribution in [1.29, 1.82) is 0 Å². The molecule has 0 N–H and O–H groups in total. The lowest BCUT2D eigenvalue weighted by Gasteiger charge is -2.12. The number of amides is 1. The fraction of sp³-hybridized carbons (Fsp3) is 0.636. The molecule has 2 heterocycles. The van der Waals surface area contributed by atoms with Gasteiger partial charge in [-0.25, -0.2) is 9.36 Å². The second kappa shape index (κ2) is 4.04. The first kappa shape index (κ1) is 10.2. The third-order valence-electron chi connectivity index (χ3n) is 3.12. The van der Waals surface area contributed by atoms with E-state index in [1.54, 1.807) is 4.57 Å². The predicted octanol–water partition coefficient (Wildman–Crippen LogP) is 1.01. The van der Waals surface area contributed by atoms with Crippen LogP contribution in [-0.4, -0.2) is 28.6 Å². The monoisotopic (exact) mass is 208 g/mol. The van der Waals surface area contributed by atoms with E-state index in [4.69, 9.17) is 0 Å². The van der Waals surface area contributed by atoms with Gasteiger partial charge in [-0.3, -0.25) is 0 Å². The largest absolute Gasteiger partial charge is 0.415 e. The highest BCUT2D eigenvalue weighted by Crippen LogP contribution is 2.19. The molecule has 0 aliphatic carbocycles. The van der Waals surface area contributed by atoms with Crippen molar-refractivity contribution >= 4 is 6.03 Å². The fourth-order valence-electron chi connectivity index (χ4n) is 2.07. The molecule has 0 spiro atoms. The summed E-state index contributed by atoms with van der Waals surface area (Å²) in [5.74, 6) is 0.693. The molecular weight excluding hydrogens is 190 g/mol. The molecule has 1 aliphatic rings. The van der Waals surface area contributed by atoms with Crippen molar-refractivity contribution in [3.05, 3.63) is 18.7 Å². The lowest BCUT2D eigenvalue weighted by Crippen LogP contribution is -2.33. The number of likely N-dealkylation sites (tertiary alicyclic amines) is 1. The maximum Gasteiger partial charge on any atom is 0.415 e.